The molecule has 0 bridgehead atoms. The molecule has 12 heavy (non-hydrogen) atoms. The van der Waals surface area contributed by atoms with Crippen molar-refractivity contribution in [1.29, 1.82) is 0 Å². The van der Waals surface area contributed by atoms with Crippen LogP contribution in [-0.2, 0) is 14.3 Å². The first-order valence-electron chi connectivity index (χ1n) is 4.05. The number of hydrogen-bond donors (Lipinski definition) is 1. The highest BCUT2D eigenvalue weighted by atomic mass is 16.5. The van der Waals surface area contributed by atoms with Crippen molar-refractivity contribution in [2.75, 3.05) is 20.3 Å². The van der Waals surface area contributed by atoms with E-state index >= 15 is 0 Å². The first-order valence-corrected chi connectivity index (χ1v) is 4.05. The maximum Gasteiger partial charge on any atom is 0.332 e. The SMILES string of the molecule is CCCC(OCCOC)C(=O)O. The Balaban J connectivity index is 3.56. The van der Waals surface area contributed by atoms with Crippen LogP contribution in [0.15, 0.2) is 0 Å². The lowest BCUT2D eigenvalue weighted by Gasteiger charge is -2.11. The summed E-state index contributed by atoms with van der Waals surface area (Å²) in [4.78, 5) is 10.5. The summed E-state index contributed by atoms with van der Waals surface area (Å²) in [5, 5.41) is 8.64. The van der Waals surface area contributed by atoms with Crippen molar-refractivity contribution in [3.8, 4) is 0 Å². The van der Waals surface area contributed by atoms with Crippen LogP contribution in [0, 0.1) is 0 Å². The second-order valence-electron chi connectivity index (χ2n) is 2.48. The summed E-state index contributed by atoms with van der Waals surface area (Å²) >= 11 is 0. The zero-order chi connectivity index (χ0) is 9.40. The fraction of sp³-hybridized carbons (Fsp3) is 0.875. The largest absolute Gasteiger partial charge is 0.479 e. The minimum Gasteiger partial charge on any atom is -0.479 e. The molecule has 72 valence electrons. The molecule has 0 aliphatic rings. The van der Waals surface area contributed by atoms with Crippen LogP contribution < -0.4 is 0 Å². The van der Waals surface area contributed by atoms with Crippen LogP contribution in [0.3, 0.4) is 0 Å². The fourth-order valence-electron chi connectivity index (χ4n) is 0.814. The molecule has 0 aliphatic carbocycles. The Morgan fingerprint density at radius 2 is 2.17 bits per heavy atom. The van der Waals surface area contributed by atoms with Gasteiger partial charge in [0.25, 0.3) is 0 Å². The molecule has 0 rings (SSSR count). The van der Waals surface area contributed by atoms with Crippen LogP contribution in [0.2, 0.25) is 0 Å². The molecule has 1 N–H and O–H groups in total. The number of hydrogen-bond acceptors (Lipinski definition) is 3. The van der Waals surface area contributed by atoms with Gasteiger partial charge in [-0.25, -0.2) is 4.79 Å². The van der Waals surface area contributed by atoms with Gasteiger partial charge in [-0.15, -0.1) is 0 Å². The number of carbonyl (C=O) groups is 1. The molecule has 1 unspecified atom stereocenters. The highest BCUT2D eigenvalue weighted by Gasteiger charge is 2.15. The second kappa shape index (κ2) is 7.06. The molecule has 0 saturated carbocycles. The quantitative estimate of drug-likeness (QED) is 0.585. The molecule has 4 nitrogen and oxygen atoms in total. The van der Waals surface area contributed by atoms with Gasteiger partial charge < -0.3 is 14.6 Å². The Kier molecular flexibility index (Phi) is 6.70. The number of carboxylic acids is 1. The molecule has 1 atom stereocenters. The highest BCUT2D eigenvalue weighted by molar-refractivity contribution is 5.72. The fourth-order valence-corrected chi connectivity index (χ4v) is 0.814. The zero-order valence-electron chi connectivity index (χ0n) is 7.58. The van der Waals surface area contributed by atoms with E-state index in [0.717, 1.165) is 6.42 Å². The molecular formula is C8H16O4. The topological polar surface area (TPSA) is 55.8 Å². The third-order valence-corrected chi connectivity index (χ3v) is 1.43. The first kappa shape index (κ1) is 11.4. The van der Waals surface area contributed by atoms with Gasteiger partial charge in [-0.2, -0.15) is 0 Å². The maximum absolute atomic E-state index is 10.5. The minimum absolute atomic E-state index is 0.341. The number of ether oxygens (including phenoxy) is 2. The summed E-state index contributed by atoms with van der Waals surface area (Å²) in [6, 6.07) is 0. The van der Waals surface area contributed by atoms with E-state index in [1.54, 1.807) is 7.11 Å². The Morgan fingerprint density at radius 3 is 2.58 bits per heavy atom. The van der Waals surface area contributed by atoms with Crippen molar-refractivity contribution in [3.63, 3.8) is 0 Å². The van der Waals surface area contributed by atoms with Crippen LogP contribution in [0.1, 0.15) is 19.8 Å². The Morgan fingerprint density at radius 1 is 1.50 bits per heavy atom. The average Bonchev–Trinajstić information content (AvgIpc) is 2.03. The van der Waals surface area contributed by atoms with E-state index in [1.807, 2.05) is 6.92 Å². The lowest BCUT2D eigenvalue weighted by atomic mass is 10.2. The molecule has 0 fully saturated rings. The lowest BCUT2D eigenvalue weighted by Crippen LogP contribution is -2.25. The maximum atomic E-state index is 10.5. The third-order valence-electron chi connectivity index (χ3n) is 1.43. The van der Waals surface area contributed by atoms with E-state index in [0.29, 0.717) is 19.6 Å². The summed E-state index contributed by atoms with van der Waals surface area (Å²) in [7, 11) is 1.55. The number of aliphatic carboxylic acids is 1. The van der Waals surface area contributed by atoms with Gasteiger partial charge in [-0.05, 0) is 6.42 Å². The van der Waals surface area contributed by atoms with Crippen LogP contribution in [0.5, 0.6) is 0 Å². The van der Waals surface area contributed by atoms with Gasteiger partial charge in [0.2, 0.25) is 0 Å². The van der Waals surface area contributed by atoms with Crippen molar-refractivity contribution in [2.45, 2.75) is 25.9 Å². The van der Waals surface area contributed by atoms with Gasteiger partial charge in [-0.3, -0.25) is 0 Å². The molecule has 0 spiro atoms. The van der Waals surface area contributed by atoms with E-state index in [-0.39, 0.29) is 0 Å². The van der Waals surface area contributed by atoms with E-state index < -0.39 is 12.1 Å². The molecule has 0 heterocycles. The van der Waals surface area contributed by atoms with E-state index in [2.05, 4.69) is 0 Å². The Bertz CT molecular complexity index is 124. The summed E-state index contributed by atoms with van der Waals surface area (Å²) in [6.07, 6.45) is 0.688. The molecule has 0 radical (unpaired) electrons. The monoisotopic (exact) mass is 176 g/mol. The van der Waals surface area contributed by atoms with Gasteiger partial charge in [-0.1, -0.05) is 13.3 Å². The zero-order valence-corrected chi connectivity index (χ0v) is 7.58. The Hall–Kier alpha value is -0.610. The smallest absolute Gasteiger partial charge is 0.332 e. The summed E-state index contributed by atoms with van der Waals surface area (Å²) < 4.78 is 9.79. The van der Waals surface area contributed by atoms with E-state index in [1.165, 1.54) is 0 Å². The van der Waals surface area contributed by atoms with E-state index in [9.17, 15) is 4.79 Å². The van der Waals surface area contributed by atoms with Gasteiger partial charge in [0.15, 0.2) is 6.10 Å². The summed E-state index contributed by atoms with van der Waals surface area (Å²) in [5.41, 5.74) is 0. The summed E-state index contributed by atoms with van der Waals surface area (Å²) in [6.45, 7) is 2.70. The molecule has 0 aromatic rings. The average molecular weight is 176 g/mol. The van der Waals surface area contributed by atoms with Crippen molar-refractivity contribution < 1.29 is 19.4 Å². The second-order valence-corrected chi connectivity index (χ2v) is 2.48. The van der Waals surface area contributed by atoms with Crippen molar-refractivity contribution in [3.05, 3.63) is 0 Å². The van der Waals surface area contributed by atoms with Crippen molar-refractivity contribution in [2.24, 2.45) is 0 Å². The molecule has 0 aliphatic heterocycles. The molecule has 0 aromatic heterocycles. The highest BCUT2D eigenvalue weighted by Crippen LogP contribution is 2.01. The number of methoxy groups -OCH3 is 1. The predicted octanol–water partition coefficient (Wildman–Crippen LogP) is 0.903. The lowest BCUT2D eigenvalue weighted by molar-refractivity contribution is -0.151. The standard InChI is InChI=1S/C8H16O4/c1-3-4-7(8(9)10)12-6-5-11-2/h7H,3-6H2,1-2H3,(H,9,10). The predicted molar refractivity (Wildman–Crippen MR) is 44.2 cm³/mol. The van der Waals surface area contributed by atoms with E-state index in [4.69, 9.17) is 14.6 Å². The minimum atomic E-state index is -0.895. The van der Waals surface area contributed by atoms with Gasteiger partial charge in [0.05, 0.1) is 13.2 Å². The third kappa shape index (κ3) is 5.09. The van der Waals surface area contributed by atoms with Crippen LogP contribution >= 0.6 is 0 Å². The molecule has 0 saturated heterocycles. The van der Waals surface area contributed by atoms with Crippen molar-refractivity contribution >= 4 is 5.97 Å². The van der Waals surface area contributed by atoms with Gasteiger partial charge in [0.1, 0.15) is 0 Å². The van der Waals surface area contributed by atoms with Crippen molar-refractivity contribution in [1.82, 2.24) is 0 Å². The number of rotatable bonds is 7. The first-order chi connectivity index (χ1) is 5.72. The molecule has 0 aromatic carbocycles. The normalized spacial score (nSPS) is 12.8. The van der Waals surface area contributed by atoms with Gasteiger partial charge in [0, 0.05) is 7.11 Å². The summed E-state index contributed by atoms with van der Waals surface area (Å²) in [5.74, 6) is -0.895. The van der Waals surface area contributed by atoms with Crippen LogP contribution in [0.4, 0.5) is 0 Å². The van der Waals surface area contributed by atoms with Crippen LogP contribution in [0.25, 0.3) is 0 Å². The molecule has 4 heteroatoms. The Labute approximate surface area is 72.5 Å². The number of carboxylic acid groups (broad SMARTS) is 1. The van der Waals surface area contributed by atoms with Crippen LogP contribution in [-0.4, -0.2) is 37.5 Å². The molecule has 0 amide bonds. The van der Waals surface area contributed by atoms with Gasteiger partial charge >= 0.3 is 5.97 Å². The molecular weight excluding hydrogens is 160 g/mol.